The molecule has 1 atom stereocenters. The van der Waals surface area contributed by atoms with Gasteiger partial charge >= 0.3 is 5.97 Å². The number of carboxylic acids is 1. The monoisotopic (exact) mass is 278 g/mol. The van der Waals surface area contributed by atoms with Crippen molar-refractivity contribution in [3.05, 3.63) is 47.5 Å². The second kappa shape index (κ2) is 6.25. The Morgan fingerprint density at radius 3 is 2.75 bits per heavy atom. The van der Waals surface area contributed by atoms with Crippen LogP contribution in [0.4, 0.5) is 4.39 Å². The Labute approximate surface area is 115 Å². The molecule has 2 N–H and O–H groups in total. The first kappa shape index (κ1) is 14.1. The van der Waals surface area contributed by atoms with Crippen molar-refractivity contribution in [2.24, 2.45) is 0 Å². The largest absolute Gasteiger partial charge is 0.476 e. The zero-order valence-electron chi connectivity index (χ0n) is 11.0. The molecule has 20 heavy (non-hydrogen) atoms. The molecule has 0 amide bonds. The van der Waals surface area contributed by atoms with Crippen LogP contribution in [0.1, 0.15) is 29.0 Å². The van der Waals surface area contributed by atoms with Gasteiger partial charge in [0.05, 0.1) is 12.7 Å². The first-order valence-electron chi connectivity index (χ1n) is 6.18. The highest BCUT2D eigenvalue weighted by molar-refractivity contribution is 5.84. The molecule has 2 rings (SSSR count). The number of nitrogens with zero attached hydrogens (tertiary/aromatic N) is 3. The van der Waals surface area contributed by atoms with E-state index in [9.17, 15) is 9.18 Å². The highest BCUT2D eigenvalue weighted by atomic mass is 19.1. The molecule has 1 aromatic carbocycles. The lowest BCUT2D eigenvalue weighted by atomic mass is 10.1. The van der Waals surface area contributed by atoms with Gasteiger partial charge in [-0.05, 0) is 24.6 Å². The first-order chi connectivity index (χ1) is 9.56. The third-order valence-electron chi connectivity index (χ3n) is 2.92. The van der Waals surface area contributed by atoms with Gasteiger partial charge in [0, 0.05) is 12.6 Å². The fourth-order valence-electron chi connectivity index (χ4n) is 1.77. The Kier molecular flexibility index (Phi) is 4.41. The zero-order chi connectivity index (χ0) is 14.5. The summed E-state index contributed by atoms with van der Waals surface area (Å²) in [5.74, 6) is -1.35. The van der Waals surface area contributed by atoms with E-state index in [4.69, 9.17) is 5.11 Å². The van der Waals surface area contributed by atoms with Gasteiger partial charge in [0.25, 0.3) is 0 Å². The van der Waals surface area contributed by atoms with Gasteiger partial charge in [0.15, 0.2) is 5.69 Å². The molecule has 0 radical (unpaired) electrons. The van der Waals surface area contributed by atoms with E-state index in [1.165, 1.54) is 23.0 Å². The molecule has 0 bridgehead atoms. The molecular formula is C13H15FN4O2. The first-order valence-corrected chi connectivity index (χ1v) is 6.18. The number of carbonyl (C=O) groups is 1. The molecule has 0 saturated heterocycles. The predicted octanol–water partition coefficient (Wildman–Crippen LogP) is 1.47. The standard InChI is InChI=1S/C13H15FN4O2/c1-9(10-2-4-11(14)5-3-10)15-6-7-18-8-12(13(19)20)16-17-18/h2-5,8-9,15H,6-7H2,1H3,(H,19,20)/t9-/m1/s1. The fraction of sp³-hybridized carbons (Fsp3) is 0.308. The third kappa shape index (κ3) is 3.61. The lowest BCUT2D eigenvalue weighted by Crippen LogP contribution is -2.23. The van der Waals surface area contributed by atoms with Gasteiger partial charge < -0.3 is 10.4 Å². The molecule has 6 nitrogen and oxygen atoms in total. The molecule has 0 unspecified atom stereocenters. The molecule has 106 valence electrons. The number of halogens is 1. The summed E-state index contributed by atoms with van der Waals surface area (Å²) in [7, 11) is 0. The van der Waals surface area contributed by atoms with Crippen molar-refractivity contribution in [2.75, 3.05) is 6.54 Å². The quantitative estimate of drug-likeness (QED) is 0.836. The van der Waals surface area contributed by atoms with Gasteiger partial charge in [-0.1, -0.05) is 17.3 Å². The minimum absolute atomic E-state index is 0.0677. The molecule has 0 spiro atoms. The van der Waals surface area contributed by atoms with Crippen molar-refractivity contribution in [1.82, 2.24) is 20.3 Å². The van der Waals surface area contributed by atoms with Crippen molar-refractivity contribution in [3.63, 3.8) is 0 Å². The van der Waals surface area contributed by atoms with Crippen LogP contribution in [-0.4, -0.2) is 32.6 Å². The van der Waals surface area contributed by atoms with Crippen LogP contribution in [0.25, 0.3) is 0 Å². The number of benzene rings is 1. The highest BCUT2D eigenvalue weighted by Gasteiger charge is 2.08. The Morgan fingerprint density at radius 1 is 1.45 bits per heavy atom. The van der Waals surface area contributed by atoms with Gasteiger partial charge in [-0.2, -0.15) is 0 Å². The lowest BCUT2D eigenvalue weighted by molar-refractivity contribution is 0.0690. The van der Waals surface area contributed by atoms with Gasteiger partial charge in [-0.3, -0.25) is 4.68 Å². The average Bonchev–Trinajstić information content (AvgIpc) is 2.88. The molecular weight excluding hydrogens is 263 g/mol. The number of aromatic carboxylic acids is 1. The Hall–Kier alpha value is -2.28. The number of rotatable bonds is 6. The van der Waals surface area contributed by atoms with Crippen molar-refractivity contribution in [3.8, 4) is 0 Å². The molecule has 7 heteroatoms. The van der Waals surface area contributed by atoms with Gasteiger partial charge in [0.2, 0.25) is 0 Å². The molecule has 2 aromatic rings. The van der Waals surface area contributed by atoms with Gasteiger partial charge in [-0.25, -0.2) is 9.18 Å². The van der Waals surface area contributed by atoms with E-state index in [1.807, 2.05) is 6.92 Å². The Balaban J connectivity index is 1.82. The van der Waals surface area contributed by atoms with Crippen LogP contribution in [0.15, 0.2) is 30.5 Å². The summed E-state index contributed by atoms with van der Waals surface area (Å²) in [6, 6.07) is 6.36. The molecule has 0 aliphatic rings. The summed E-state index contributed by atoms with van der Waals surface area (Å²) in [6.45, 7) is 3.07. The van der Waals surface area contributed by atoms with E-state index in [2.05, 4.69) is 15.6 Å². The lowest BCUT2D eigenvalue weighted by Gasteiger charge is -2.13. The topological polar surface area (TPSA) is 80.0 Å². The van der Waals surface area contributed by atoms with Crippen molar-refractivity contribution in [1.29, 1.82) is 0 Å². The Bertz CT molecular complexity index is 582. The summed E-state index contributed by atoms with van der Waals surface area (Å²) < 4.78 is 14.3. The molecule has 1 aromatic heterocycles. The maximum atomic E-state index is 12.8. The van der Waals surface area contributed by atoms with Gasteiger partial charge in [0.1, 0.15) is 5.82 Å². The van der Waals surface area contributed by atoms with Crippen LogP contribution in [0.3, 0.4) is 0 Å². The molecule has 0 fully saturated rings. The van der Waals surface area contributed by atoms with E-state index < -0.39 is 5.97 Å². The smallest absolute Gasteiger partial charge is 0.358 e. The average molecular weight is 278 g/mol. The third-order valence-corrected chi connectivity index (χ3v) is 2.92. The summed E-state index contributed by atoms with van der Waals surface area (Å²) in [4.78, 5) is 10.6. The fourth-order valence-corrected chi connectivity index (χ4v) is 1.77. The van der Waals surface area contributed by atoms with Crippen LogP contribution in [0.2, 0.25) is 0 Å². The van der Waals surface area contributed by atoms with Crippen LogP contribution in [0, 0.1) is 5.82 Å². The van der Waals surface area contributed by atoms with E-state index in [1.54, 1.807) is 12.1 Å². The van der Waals surface area contributed by atoms with E-state index in [0.29, 0.717) is 13.1 Å². The molecule has 0 saturated carbocycles. The maximum Gasteiger partial charge on any atom is 0.358 e. The summed E-state index contributed by atoms with van der Waals surface area (Å²) in [5.41, 5.74) is 0.910. The summed E-state index contributed by atoms with van der Waals surface area (Å²) in [6.07, 6.45) is 1.38. The molecule has 1 heterocycles. The van der Waals surface area contributed by atoms with Crippen LogP contribution < -0.4 is 5.32 Å². The van der Waals surface area contributed by atoms with Crippen LogP contribution >= 0.6 is 0 Å². The minimum atomic E-state index is -1.09. The van der Waals surface area contributed by atoms with Crippen molar-refractivity contribution >= 4 is 5.97 Å². The summed E-state index contributed by atoms with van der Waals surface area (Å²) in [5, 5.41) is 19.2. The normalized spacial score (nSPS) is 12.3. The van der Waals surface area contributed by atoms with E-state index in [0.717, 1.165) is 5.56 Å². The number of hydrogen-bond donors (Lipinski definition) is 2. The zero-order valence-corrected chi connectivity index (χ0v) is 11.0. The van der Waals surface area contributed by atoms with E-state index >= 15 is 0 Å². The maximum absolute atomic E-state index is 12.8. The number of carboxylic acid groups (broad SMARTS) is 1. The van der Waals surface area contributed by atoms with Gasteiger partial charge in [-0.15, -0.1) is 5.10 Å². The Morgan fingerprint density at radius 2 is 2.15 bits per heavy atom. The van der Waals surface area contributed by atoms with Crippen molar-refractivity contribution in [2.45, 2.75) is 19.5 Å². The SMILES string of the molecule is C[C@@H](NCCn1cc(C(=O)O)nn1)c1ccc(F)cc1. The number of aromatic nitrogens is 3. The summed E-state index contributed by atoms with van der Waals surface area (Å²) >= 11 is 0. The second-order valence-corrected chi connectivity index (χ2v) is 4.40. The van der Waals surface area contributed by atoms with Crippen LogP contribution in [-0.2, 0) is 6.54 Å². The minimum Gasteiger partial charge on any atom is -0.476 e. The molecule has 0 aliphatic carbocycles. The predicted molar refractivity (Wildman–Crippen MR) is 69.8 cm³/mol. The van der Waals surface area contributed by atoms with Crippen molar-refractivity contribution < 1.29 is 14.3 Å². The number of nitrogens with one attached hydrogen (secondary N) is 1. The highest BCUT2D eigenvalue weighted by Crippen LogP contribution is 2.12. The molecule has 0 aliphatic heterocycles. The second-order valence-electron chi connectivity index (χ2n) is 4.40. The van der Waals surface area contributed by atoms with Crippen LogP contribution in [0.5, 0.6) is 0 Å². The number of hydrogen-bond acceptors (Lipinski definition) is 4. The van der Waals surface area contributed by atoms with E-state index in [-0.39, 0.29) is 17.6 Å².